The van der Waals surface area contributed by atoms with Gasteiger partial charge in [-0.25, -0.2) is 18.4 Å². The number of alkyl halides is 3. The Kier molecular flexibility index (Phi) is 7.07. The van der Waals surface area contributed by atoms with Gasteiger partial charge in [-0.2, -0.15) is 17.5 Å². The Morgan fingerprint density at radius 3 is 2.35 bits per heavy atom. The number of sulfonamides is 1. The second-order valence-corrected chi connectivity index (χ2v) is 9.31. The maximum atomic E-state index is 13.4. The second-order valence-electron chi connectivity index (χ2n) is 7.37. The Morgan fingerprint density at radius 2 is 1.82 bits per heavy atom. The van der Waals surface area contributed by atoms with Crippen LogP contribution in [0, 0.1) is 23.7 Å². The average molecular weight is 494 g/mol. The number of nitrogens with zero attached hydrogens (tertiary/aromatic N) is 4. The van der Waals surface area contributed by atoms with Gasteiger partial charge in [0, 0.05) is 37.6 Å². The third-order valence-corrected chi connectivity index (χ3v) is 7.08. The number of anilines is 2. The van der Waals surface area contributed by atoms with Gasteiger partial charge in [0.15, 0.2) is 0 Å². The summed E-state index contributed by atoms with van der Waals surface area (Å²) < 4.78 is 67.6. The zero-order valence-corrected chi connectivity index (χ0v) is 19.2. The van der Waals surface area contributed by atoms with Gasteiger partial charge < -0.3 is 15.7 Å². The molecule has 2 atom stereocenters. The normalized spacial score (nSPS) is 18.8. The summed E-state index contributed by atoms with van der Waals surface area (Å²) in [6.07, 6.45) is -2.93. The van der Waals surface area contributed by atoms with Crippen molar-refractivity contribution in [1.82, 2.24) is 14.3 Å². The van der Waals surface area contributed by atoms with Gasteiger partial charge in [0.1, 0.15) is 22.6 Å². The van der Waals surface area contributed by atoms with Crippen LogP contribution >= 0.6 is 0 Å². The van der Waals surface area contributed by atoms with E-state index >= 15 is 0 Å². The molecule has 34 heavy (non-hydrogen) atoms. The Hall–Kier alpha value is -3.32. The number of rotatable bonds is 4. The molecule has 0 saturated carbocycles. The number of nitrogens with two attached hydrogens (primary N) is 1. The molecule has 1 unspecified atom stereocenters. The predicted octanol–water partition coefficient (Wildman–Crippen LogP) is 1.73. The summed E-state index contributed by atoms with van der Waals surface area (Å²) in [7, 11) is -3.86. The summed E-state index contributed by atoms with van der Waals surface area (Å²) >= 11 is 0. The molecule has 3 rings (SSSR count). The first kappa shape index (κ1) is 25.3. The molecule has 2 aromatic rings. The largest absolute Gasteiger partial charge is 0.433 e. The molecule has 12 heteroatoms. The molecule has 1 saturated heterocycles. The number of halogens is 3. The fraction of sp³-hybridized carbons (Fsp3) is 0.364. The highest BCUT2D eigenvalue weighted by atomic mass is 32.2. The van der Waals surface area contributed by atoms with Crippen molar-refractivity contribution in [2.24, 2.45) is 0 Å². The van der Waals surface area contributed by atoms with Gasteiger partial charge in [-0.15, -0.1) is 11.8 Å². The molecule has 8 nitrogen and oxygen atoms in total. The number of hydrogen-bond donors (Lipinski definition) is 2. The van der Waals surface area contributed by atoms with Crippen LogP contribution in [0.5, 0.6) is 0 Å². The molecule has 0 aromatic carbocycles. The molecule has 1 aliphatic heterocycles. The molecule has 0 spiro atoms. The van der Waals surface area contributed by atoms with E-state index in [1.54, 1.807) is 17.7 Å². The first-order chi connectivity index (χ1) is 15.9. The summed E-state index contributed by atoms with van der Waals surface area (Å²) in [4.78, 5) is 9.61. The highest BCUT2D eigenvalue weighted by Crippen LogP contribution is 2.38. The number of hydrogen-bond acceptors (Lipinski definition) is 7. The van der Waals surface area contributed by atoms with E-state index in [9.17, 15) is 26.7 Å². The Morgan fingerprint density at radius 1 is 1.09 bits per heavy atom. The van der Waals surface area contributed by atoms with E-state index in [1.165, 1.54) is 35.6 Å². The Labute approximate surface area is 195 Å². The van der Waals surface area contributed by atoms with Crippen molar-refractivity contribution < 1.29 is 26.7 Å². The summed E-state index contributed by atoms with van der Waals surface area (Å²) in [5.41, 5.74) is 1.66. The van der Waals surface area contributed by atoms with Gasteiger partial charge in [-0.3, -0.25) is 0 Å². The zero-order valence-electron chi connectivity index (χ0n) is 18.3. The van der Waals surface area contributed by atoms with Crippen molar-refractivity contribution in [3.8, 4) is 23.7 Å². The van der Waals surface area contributed by atoms with Crippen LogP contribution in [0.4, 0.5) is 24.8 Å². The van der Waals surface area contributed by atoms with Crippen molar-refractivity contribution in [3.05, 3.63) is 42.2 Å². The predicted molar refractivity (Wildman–Crippen MR) is 120 cm³/mol. The summed E-state index contributed by atoms with van der Waals surface area (Å²) in [5.74, 6) is 10.1. The van der Waals surface area contributed by atoms with Crippen LogP contribution in [0.15, 0.2) is 41.6 Å². The summed E-state index contributed by atoms with van der Waals surface area (Å²) in [6, 6.07) is 4.57. The van der Waals surface area contributed by atoms with Gasteiger partial charge in [-0.05, 0) is 38.1 Å². The lowest BCUT2D eigenvalue weighted by atomic mass is 9.95. The minimum absolute atomic E-state index is 0.00474. The minimum atomic E-state index is -5.02. The van der Waals surface area contributed by atoms with E-state index in [2.05, 4.69) is 27.7 Å². The highest BCUT2D eigenvalue weighted by molar-refractivity contribution is 7.89. The molecule has 1 aliphatic rings. The van der Waals surface area contributed by atoms with Crippen molar-refractivity contribution in [1.29, 1.82) is 0 Å². The van der Waals surface area contributed by atoms with Crippen LogP contribution in [-0.4, -0.2) is 59.6 Å². The lowest BCUT2D eigenvalue weighted by Crippen LogP contribution is -2.54. The van der Waals surface area contributed by atoms with Gasteiger partial charge in [0.05, 0.1) is 0 Å². The standard InChI is InChI=1S/C22H22F3N5O3S/c1-3-5-17-15-29(34(32,33)18-7-8-19(26)27-14-18)11-12-30(17)20-9-6-16(13-28-20)21(31,10-4-2)22(23,24)25/h6-9,13-14,17,31H,11-12,15H2,1-2H3,(H2,26,27)/t17-,21?/m0/s1. The van der Waals surface area contributed by atoms with Crippen molar-refractivity contribution in [2.45, 2.75) is 36.6 Å². The fourth-order valence-corrected chi connectivity index (χ4v) is 4.88. The first-order valence-corrected chi connectivity index (χ1v) is 11.5. The molecule has 2 aromatic heterocycles. The van der Waals surface area contributed by atoms with E-state index in [1.807, 2.05) is 0 Å². The van der Waals surface area contributed by atoms with Crippen molar-refractivity contribution in [2.75, 3.05) is 30.3 Å². The monoisotopic (exact) mass is 493 g/mol. The first-order valence-electron chi connectivity index (χ1n) is 10.0. The Balaban J connectivity index is 1.88. The van der Waals surface area contributed by atoms with Crippen molar-refractivity contribution >= 4 is 21.7 Å². The van der Waals surface area contributed by atoms with Crippen LogP contribution < -0.4 is 10.6 Å². The quantitative estimate of drug-likeness (QED) is 0.624. The third kappa shape index (κ3) is 4.80. The topological polar surface area (TPSA) is 113 Å². The molecule has 0 aliphatic carbocycles. The molecule has 0 bridgehead atoms. The van der Waals surface area contributed by atoms with E-state index < -0.39 is 33.4 Å². The van der Waals surface area contributed by atoms with Gasteiger partial charge in [-0.1, -0.05) is 11.8 Å². The highest BCUT2D eigenvalue weighted by Gasteiger charge is 2.54. The van der Waals surface area contributed by atoms with E-state index in [0.29, 0.717) is 0 Å². The third-order valence-electron chi connectivity index (χ3n) is 5.23. The zero-order chi connectivity index (χ0) is 25.1. The van der Waals surface area contributed by atoms with Crippen LogP contribution in [0.3, 0.4) is 0 Å². The molecule has 3 N–H and O–H groups in total. The molecule has 0 amide bonds. The van der Waals surface area contributed by atoms with Crippen LogP contribution in [0.1, 0.15) is 19.4 Å². The van der Waals surface area contributed by atoms with Crippen LogP contribution in [0.2, 0.25) is 0 Å². The molecule has 1 fully saturated rings. The second kappa shape index (κ2) is 9.50. The van der Waals surface area contributed by atoms with Gasteiger partial charge in [0.2, 0.25) is 15.6 Å². The number of piperazine rings is 1. The SMILES string of the molecule is CC#C[C@H]1CN(S(=O)(=O)c2ccc(N)nc2)CCN1c1ccc(C(O)(C#CC)C(F)(F)F)cn1. The molecular weight excluding hydrogens is 471 g/mol. The van der Waals surface area contributed by atoms with Crippen molar-refractivity contribution in [3.63, 3.8) is 0 Å². The van der Waals surface area contributed by atoms with E-state index in [0.717, 1.165) is 12.3 Å². The average Bonchev–Trinajstić information content (AvgIpc) is 2.79. The lowest BCUT2D eigenvalue weighted by molar-refractivity contribution is -0.240. The van der Waals surface area contributed by atoms with E-state index in [-0.39, 0.29) is 36.2 Å². The summed E-state index contributed by atoms with van der Waals surface area (Å²) in [5, 5.41) is 10.1. The molecule has 0 radical (unpaired) electrons. The number of pyridine rings is 2. The molecular formula is C22H22F3N5O3S. The molecule has 3 heterocycles. The minimum Gasteiger partial charge on any atom is -0.384 e. The fourth-order valence-electron chi connectivity index (χ4n) is 3.49. The number of nitrogen functional groups attached to an aromatic ring is 1. The number of aromatic nitrogens is 2. The number of aliphatic hydroxyl groups is 1. The summed E-state index contributed by atoms with van der Waals surface area (Å²) in [6.45, 7) is 3.07. The van der Waals surface area contributed by atoms with Crippen LogP contribution in [0.25, 0.3) is 0 Å². The smallest absolute Gasteiger partial charge is 0.384 e. The maximum Gasteiger partial charge on any atom is 0.433 e. The lowest BCUT2D eigenvalue weighted by Gasteiger charge is -2.39. The van der Waals surface area contributed by atoms with E-state index in [4.69, 9.17) is 5.73 Å². The molecule has 180 valence electrons. The van der Waals surface area contributed by atoms with Crippen LogP contribution in [-0.2, 0) is 15.6 Å². The van der Waals surface area contributed by atoms with Gasteiger partial charge >= 0.3 is 6.18 Å². The van der Waals surface area contributed by atoms with Gasteiger partial charge in [0.25, 0.3) is 0 Å². The maximum absolute atomic E-state index is 13.4. The Bertz CT molecular complexity index is 1260.